The Balaban J connectivity index is 1.90. The first-order chi connectivity index (χ1) is 9.60. The summed E-state index contributed by atoms with van der Waals surface area (Å²) in [5.74, 6) is 1.68. The molecule has 0 amide bonds. The SMILES string of the molecule is CCOc1ccc(NC2CCC(C(C)C)CC2)cc1F. The van der Waals surface area contributed by atoms with E-state index in [1.807, 2.05) is 13.0 Å². The smallest absolute Gasteiger partial charge is 0.167 e. The van der Waals surface area contributed by atoms with E-state index in [1.165, 1.54) is 25.7 Å². The molecule has 1 aliphatic rings. The van der Waals surface area contributed by atoms with Crippen molar-refractivity contribution >= 4 is 5.69 Å². The van der Waals surface area contributed by atoms with E-state index in [1.54, 1.807) is 12.1 Å². The minimum Gasteiger partial charge on any atom is -0.491 e. The molecule has 1 aliphatic carbocycles. The van der Waals surface area contributed by atoms with Gasteiger partial charge >= 0.3 is 0 Å². The third-order valence-electron chi connectivity index (χ3n) is 4.32. The van der Waals surface area contributed by atoms with Gasteiger partial charge < -0.3 is 10.1 Å². The van der Waals surface area contributed by atoms with Gasteiger partial charge in [-0.15, -0.1) is 0 Å². The Morgan fingerprint density at radius 3 is 2.50 bits per heavy atom. The summed E-state index contributed by atoms with van der Waals surface area (Å²) in [6, 6.07) is 5.63. The Morgan fingerprint density at radius 1 is 1.25 bits per heavy atom. The van der Waals surface area contributed by atoms with Crippen LogP contribution in [0.4, 0.5) is 10.1 Å². The molecule has 0 radical (unpaired) electrons. The molecule has 20 heavy (non-hydrogen) atoms. The van der Waals surface area contributed by atoms with Gasteiger partial charge in [0, 0.05) is 17.8 Å². The lowest BCUT2D eigenvalue weighted by Crippen LogP contribution is -2.27. The van der Waals surface area contributed by atoms with Crippen LogP contribution in [0.1, 0.15) is 46.5 Å². The van der Waals surface area contributed by atoms with E-state index in [9.17, 15) is 4.39 Å². The van der Waals surface area contributed by atoms with E-state index in [0.29, 0.717) is 18.4 Å². The maximum absolute atomic E-state index is 13.8. The molecule has 2 nitrogen and oxygen atoms in total. The molecule has 0 heterocycles. The average Bonchev–Trinajstić information content (AvgIpc) is 2.42. The second kappa shape index (κ2) is 6.96. The number of benzene rings is 1. The fourth-order valence-electron chi connectivity index (χ4n) is 3.03. The van der Waals surface area contributed by atoms with E-state index in [-0.39, 0.29) is 5.82 Å². The zero-order chi connectivity index (χ0) is 14.5. The highest BCUT2D eigenvalue weighted by Crippen LogP contribution is 2.31. The molecule has 1 aromatic rings. The minimum atomic E-state index is -0.285. The zero-order valence-corrected chi connectivity index (χ0v) is 12.8. The Bertz CT molecular complexity index is 425. The number of rotatable bonds is 5. The first-order valence-electron chi connectivity index (χ1n) is 7.79. The van der Waals surface area contributed by atoms with Gasteiger partial charge in [0.15, 0.2) is 11.6 Å². The standard InChI is InChI=1S/C17H26FNO/c1-4-20-17-10-9-15(11-16(17)18)19-14-7-5-13(6-8-14)12(2)3/h9-14,19H,4-8H2,1-3H3. The van der Waals surface area contributed by atoms with Gasteiger partial charge in [-0.1, -0.05) is 13.8 Å². The van der Waals surface area contributed by atoms with Crippen LogP contribution in [0, 0.1) is 17.7 Å². The van der Waals surface area contributed by atoms with Crippen LogP contribution in [0.5, 0.6) is 5.75 Å². The molecule has 0 spiro atoms. The van der Waals surface area contributed by atoms with E-state index in [4.69, 9.17) is 4.74 Å². The Kier molecular flexibility index (Phi) is 5.27. The van der Waals surface area contributed by atoms with Crippen molar-refractivity contribution < 1.29 is 9.13 Å². The van der Waals surface area contributed by atoms with Crippen LogP contribution in [0.3, 0.4) is 0 Å². The number of anilines is 1. The van der Waals surface area contributed by atoms with Crippen molar-refractivity contribution in [2.24, 2.45) is 11.8 Å². The molecule has 1 aromatic carbocycles. The Labute approximate surface area is 121 Å². The van der Waals surface area contributed by atoms with Gasteiger partial charge in [-0.3, -0.25) is 0 Å². The number of hydrogen-bond donors (Lipinski definition) is 1. The number of ether oxygens (including phenoxy) is 1. The third kappa shape index (κ3) is 3.87. The summed E-state index contributed by atoms with van der Waals surface area (Å²) in [5.41, 5.74) is 0.860. The molecule has 0 atom stereocenters. The van der Waals surface area contributed by atoms with Gasteiger partial charge in [0.2, 0.25) is 0 Å². The van der Waals surface area contributed by atoms with E-state index in [2.05, 4.69) is 19.2 Å². The normalized spacial score (nSPS) is 22.9. The van der Waals surface area contributed by atoms with Gasteiger partial charge in [0.1, 0.15) is 0 Å². The molecular weight excluding hydrogens is 253 g/mol. The Hall–Kier alpha value is -1.25. The molecule has 0 aromatic heterocycles. The summed E-state index contributed by atoms with van der Waals surface area (Å²) in [7, 11) is 0. The van der Waals surface area contributed by atoms with Gasteiger partial charge in [-0.05, 0) is 56.6 Å². The van der Waals surface area contributed by atoms with Gasteiger partial charge in [-0.2, -0.15) is 0 Å². The number of hydrogen-bond acceptors (Lipinski definition) is 2. The second-order valence-corrected chi connectivity index (χ2v) is 6.08. The van der Waals surface area contributed by atoms with Crippen molar-refractivity contribution in [1.29, 1.82) is 0 Å². The summed E-state index contributed by atoms with van der Waals surface area (Å²) in [5, 5.41) is 3.45. The average molecular weight is 279 g/mol. The van der Waals surface area contributed by atoms with Crippen LogP contribution in [-0.2, 0) is 0 Å². The van der Waals surface area contributed by atoms with Crippen molar-refractivity contribution in [3.05, 3.63) is 24.0 Å². The van der Waals surface area contributed by atoms with Crippen molar-refractivity contribution in [3.8, 4) is 5.75 Å². The zero-order valence-electron chi connectivity index (χ0n) is 12.8. The predicted molar refractivity (Wildman–Crippen MR) is 81.8 cm³/mol. The molecule has 0 unspecified atom stereocenters. The van der Waals surface area contributed by atoms with Crippen molar-refractivity contribution in [2.45, 2.75) is 52.5 Å². The van der Waals surface area contributed by atoms with Crippen molar-refractivity contribution in [2.75, 3.05) is 11.9 Å². The van der Waals surface area contributed by atoms with E-state index < -0.39 is 0 Å². The van der Waals surface area contributed by atoms with E-state index in [0.717, 1.165) is 17.5 Å². The molecule has 1 N–H and O–H groups in total. The summed E-state index contributed by atoms with van der Waals surface area (Å²) < 4.78 is 19.0. The van der Waals surface area contributed by atoms with Crippen LogP contribution in [0.15, 0.2) is 18.2 Å². The van der Waals surface area contributed by atoms with Gasteiger partial charge in [0.05, 0.1) is 6.61 Å². The predicted octanol–water partition coefficient (Wildman–Crippen LogP) is 4.85. The highest BCUT2D eigenvalue weighted by molar-refractivity contribution is 5.48. The Morgan fingerprint density at radius 2 is 1.95 bits per heavy atom. The molecule has 0 aliphatic heterocycles. The summed E-state index contributed by atoms with van der Waals surface area (Å²) in [6.07, 6.45) is 4.90. The first kappa shape index (κ1) is 15.1. The number of nitrogens with one attached hydrogen (secondary N) is 1. The lowest BCUT2D eigenvalue weighted by atomic mass is 9.79. The van der Waals surface area contributed by atoms with Crippen LogP contribution in [-0.4, -0.2) is 12.6 Å². The molecular formula is C17H26FNO. The monoisotopic (exact) mass is 279 g/mol. The number of halogens is 1. The largest absolute Gasteiger partial charge is 0.491 e. The fraction of sp³-hybridized carbons (Fsp3) is 0.647. The van der Waals surface area contributed by atoms with Crippen molar-refractivity contribution in [1.82, 2.24) is 0 Å². The van der Waals surface area contributed by atoms with Gasteiger partial charge in [-0.25, -0.2) is 4.39 Å². The van der Waals surface area contributed by atoms with Crippen LogP contribution < -0.4 is 10.1 Å². The summed E-state index contributed by atoms with van der Waals surface area (Å²) >= 11 is 0. The molecule has 1 saturated carbocycles. The molecule has 3 heteroatoms. The lowest BCUT2D eigenvalue weighted by Gasteiger charge is -2.31. The molecule has 0 saturated heterocycles. The first-order valence-corrected chi connectivity index (χ1v) is 7.79. The molecule has 1 fully saturated rings. The fourth-order valence-corrected chi connectivity index (χ4v) is 3.03. The third-order valence-corrected chi connectivity index (χ3v) is 4.32. The van der Waals surface area contributed by atoms with E-state index >= 15 is 0 Å². The maximum Gasteiger partial charge on any atom is 0.167 e. The highest BCUT2D eigenvalue weighted by Gasteiger charge is 2.23. The highest BCUT2D eigenvalue weighted by atomic mass is 19.1. The summed E-state index contributed by atoms with van der Waals surface area (Å²) in [4.78, 5) is 0. The minimum absolute atomic E-state index is 0.285. The molecule has 112 valence electrons. The van der Waals surface area contributed by atoms with Crippen LogP contribution >= 0.6 is 0 Å². The maximum atomic E-state index is 13.8. The van der Waals surface area contributed by atoms with Crippen molar-refractivity contribution in [3.63, 3.8) is 0 Å². The molecule has 2 rings (SSSR count). The van der Waals surface area contributed by atoms with Gasteiger partial charge in [0.25, 0.3) is 0 Å². The quantitative estimate of drug-likeness (QED) is 0.831. The summed E-state index contributed by atoms with van der Waals surface area (Å²) in [6.45, 7) is 6.96. The van der Waals surface area contributed by atoms with Crippen LogP contribution in [0.2, 0.25) is 0 Å². The second-order valence-electron chi connectivity index (χ2n) is 6.08. The lowest BCUT2D eigenvalue weighted by molar-refractivity contribution is 0.267. The van der Waals surface area contributed by atoms with Crippen LogP contribution in [0.25, 0.3) is 0 Å². The topological polar surface area (TPSA) is 21.3 Å². The molecule has 0 bridgehead atoms.